The quantitative estimate of drug-likeness (QED) is 0.669. The third-order valence-corrected chi connectivity index (χ3v) is 2.35. The predicted octanol–water partition coefficient (Wildman–Crippen LogP) is 1.79. The molecule has 0 bridgehead atoms. The highest BCUT2D eigenvalue weighted by atomic mass is 35.5. The molecule has 1 aromatic heterocycles. The Morgan fingerprint density at radius 1 is 1.21 bits per heavy atom. The van der Waals surface area contributed by atoms with Gasteiger partial charge in [-0.05, 0) is 13.8 Å². The number of ether oxygens (including phenoxy) is 2. The third-order valence-electron chi connectivity index (χ3n) is 2.06. The Kier molecular flexibility index (Phi) is 2.67. The molecular formula is C9H11ClN2O2. The summed E-state index contributed by atoms with van der Waals surface area (Å²) in [7, 11) is 0. The highest BCUT2D eigenvalue weighted by molar-refractivity contribution is 6.30. The van der Waals surface area contributed by atoms with Gasteiger partial charge in [0.15, 0.2) is 6.29 Å². The van der Waals surface area contributed by atoms with Crippen LogP contribution in [0.25, 0.3) is 0 Å². The van der Waals surface area contributed by atoms with Gasteiger partial charge in [-0.1, -0.05) is 11.6 Å². The molecular weight excluding hydrogens is 204 g/mol. The van der Waals surface area contributed by atoms with Gasteiger partial charge in [-0.25, -0.2) is 9.97 Å². The van der Waals surface area contributed by atoms with Crippen LogP contribution in [0.3, 0.4) is 0 Å². The summed E-state index contributed by atoms with van der Waals surface area (Å²) >= 11 is 6.00. The summed E-state index contributed by atoms with van der Waals surface area (Å²) in [5.74, 6) is 0.661. The van der Waals surface area contributed by atoms with E-state index in [0.29, 0.717) is 24.2 Å². The Hall–Kier alpha value is -0.710. The summed E-state index contributed by atoms with van der Waals surface area (Å²) in [6, 6.07) is 0. The van der Waals surface area contributed by atoms with Crippen molar-refractivity contribution in [1.29, 1.82) is 0 Å². The van der Waals surface area contributed by atoms with Gasteiger partial charge < -0.3 is 9.47 Å². The maximum atomic E-state index is 6.00. The van der Waals surface area contributed by atoms with Gasteiger partial charge in [0.05, 0.1) is 24.5 Å². The van der Waals surface area contributed by atoms with Gasteiger partial charge in [0.25, 0.3) is 0 Å². The number of nitrogens with zero attached hydrogens (tertiary/aromatic N) is 2. The molecule has 1 aliphatic rings. The lowest BCUT2D eigenvalue weighted by Gasteiger charge is -2.13. The van der Waals surface area contributed by atoms with Crippen LogP contribution in [0.2, 0.25) is 5.15 Å². The van der Waals surface area contributed by atoms with E-state index in [2.05, 4.69) is 9.97 Å². The SMILES string of the molecule is Cc1nc(C)c(C2OCCO2)c(Cl)n1. The molecule has 2 heterocycles. The molecule has 0 aromatic carbocycles. The average molecular weight is 215 g/mol. The Balaban J connectivity index is 2.40. The lowest BCUT2D eigenvalue weighted by molar-refractivity contribution is -0.0449. The molecule has 76 valence electrons. The molecule has 1 saturated heterocycles. The molecule has 0 radical (unpaired) electrons. The molecule has 1 aliphatic heterocycles. The molecule has 0 amide bonds. The van der Waals surface area contributed by atoms with Crippen molar-refractivity contribution in [3.63, 3.8) is 0 Å². The van der Waals surface area contributed by atoms with Crippen LogP contribution >= 0.6 is 11.6 Å². The van der Waals surface area contributed by atoms with E-state index >= 15 is 0 Å². The van der Waals surface area contributed by atoms with E-state index in [1.54, 1.807) is 6.92 Å². The molecule has 0 unspecified atom stereocenters. The van der Waals surface area contributed by atoms with Crippen LogP contribution in [0, 0.1) is 13.8 Å². The van der Waals surface area contributed by atoms with E-state index in [1.807, 2.05) is 6.92 Å². The fraction of sp³-hybridized carbons (Fsp3) is 0.556. The third kappa shape index (κ3) is 1.73. The normalized spacial score (nSPS) is 17.6. The summed E-state index contributed by atoms with van der Waals surface area (Å²) in [5, 5.41) is 0.418. The zero-order chi connectivity index (χ0) is 10.1. The minimum Gasteiger partial charge on any atom is -0.346 e. The van der Waals surface area contributed by atoms with Crippen LogP contribution in [0.15, 0.2) is 0 Å². The van der Waals surface area contributed by atoms with Crippen LogP contribution in [-0.2, 0) is 9.47 Å². The first-order chi connectivity index (χ1) is 6.68. The Morgan fingerprint density at radius 3 is 2.43 bits per heavy atom. The second-order valence-electron chi connectivity index (χ2n) is 3.13. The lowest BCUT2D eigenvalue weighted by atomic mass is 10.2. The number of hydrogen-bond donors (Lipinski definition) is 0. The van der Waals surface area contributed by atoms with Crippen molar-refractivity contribution in [3.05, 3.63) is 22.2 Å². The monoisotopic (exact) mass is 214 g/mol. The van der Waals surface area contributed by atoms with Gasteiger partial charge in [0.2, 0.25) is 0 Å². The largest absolute Gasteiger partial charge is 0.346 e. The predicted molar refractivity (Wildman–Crippen MR) is 51.2 cm³/mol. The van der Waals surface area contributed by atoms with E-state index in [4.69, 9.17) is 21.1 Å². The minimum absolute atomic E-state index is 0.400. The van der Waals surface area contributed by atoms with Gasteiger partial charge in [0, 0.05) is 0 Å². The zero-order valence-corrected chi connectivity index (χ0v) is 8.84. The van der Waals surface area contributed by atoms with Crippen molar-refractivity contribution < 1.29 is 9.47 Å². The number of halogens is 1. The van der Waals surface area contributed by atoms with Crippen molar-refractivity contribution in [2.45, 2.75) is 20.1 Å². The maximum absolute atomic E-state index is 6.00. The average Bonchev–Trinajstić information content (AvgIpc) is 2.54. The minimum atomic E-state index is -0.400. The second kappa shape index (κ2) is 3.81. The molecule has 0 N–H and O–H groups in total. The van der Waals surface area contributed by atoms with E-state index < -0.39 is 6.29 Å². The first-order valence-corrected chi connectivity index (χ1v) is 4.80. The van der Waals surface area contributed by atoms with Crippen molar-refractivity contribution in [2.24, 2.45) is 0 Å². The molecule has 4 nitrogen and oxygen atoms in total. The Labute approximate surface area is 87.2 Å². The summed E-state index contributed by atoms with van der Waals surface area (Å²) in [5.41, 5.74) is 1.56. The van der Waals surface area contributed by atoms with E-state index in [1.165, 1.54) is 0 Å². The smallest absolute Gasteiger partial charge is 0.188 e. The van der Waals surface area contributed by atoms with Gasteiger partial charge in [-0.2, -0.15) is 0 Å². The van der Waals surface area contributed by atoms with Crippen LogP contribution < -0.4 is 0 Å². The summed E-state index contributed by atoms with van der Waals surface area (Å²) < 4.78 is 10.7. The molecule has 0 atom stereocenters. The standard InChI is InChI=1S/C9H11ClN2O2/c1-5-7(9-13-3-4-14-9)8(10)12-6(2)11-5/h9H,3-4H2,1-2H3. The van der Waals surface area contributed by atoms with Gasteiger partial charge >= 0.3 is 0 Å². The molecule has 0 spiro atoms. The van der Waals surface area contributed by atoms with Crippen LogP contribution in [0.1, 0.15) is 23.4 Å². The van der Waals surface area contributed by atoms with Crippen molar-refractivity contribution in [3.8, 4) is 0 Å². The molecule has 0 aliphatic carbocycles. The Bertz CT molecular complexity index is 328. The second-order valence-corrected chi connectivity index (χ2v) is 3.49. The fourth-order valence-electron chi connectivity index (χ4n) is 1.47. The molecule has 2 rings (SSSR count). The van der Waals surface area contributed by atoms with Gasteiger partial charge in [-0.3, -0.25) is 0 Å². The molecule has 1 aromatic rings. The lowest BCUT2D eigenvalue weighted by Crippen LogP contribution is -2.06. The molecule has 14 heavy (non-hydrogen) atoms. The van der Waals surface area contributed by atoms with E-state index in [0.717, 1.165) is 11.3 Å². The molecule has 1 fully saturated rings. The van der Waals surface area contributed by atoms with Gasteiger partial charge in [0.1, 0.15) is 11.0 Å². The molecule has 5 heteroatoms. The highest BCUT2D eigenvalue weighted by Gasteiger charge is 2.24. The van der Waals surface area contributed by atoms with Crippen LogP contribution in [0.5, 0.6) is 0 Å². The van der Waals surface area contributed by atoms with Crippen molar-refractivity contribution in [1.82, 2.24) is 9.97 Å². The number of aryl methyl sites for hydroxylation is 2. The van der Waals surface area contributed by atoms with Crippen molar-refractivity contribution >= 4 is 11.6 Å². The van der Waals surface area contributed by atoms with Gasteiger partial charge in [-0.15, -0.1) is 0 Å². The van der Waals surface area contributed by atoms with E-state index in [9.17, 15) is 0 Å². The van der Waals surface area contributed by atoms with Crippen LogP contribution in [0.4, 0.5) is 0 Å². The fourth-order valence-corrected chi connectivity index (χ4v) is 1.82. The topological polar surface area (TPSA) is 44.2 Å². The Morgan fingerprint density at radius 2 is 1.86 bits per heavy atom. The number of rotatable bonds is 1. The first-order valence-electron chi connectivity index (χ1n) is 4.42. The summed E-state index contributed by atoms with van der Waals surface area (Å²) in [6.45, 7) is 4.86. The number of hydrogen-bond acceptors (Lipinski definition) is 4. The van der Waals surface area contributed by atoms with Crippen molar-refractivity contribution in [2.75, 3.05) is 13.2 Å². The first kappa shape index (κ1) is 9.83. The highest BCUT2D eigenvalue weighted by Crippen LogP contribution is 2.30. The summed E-state index contributed by atoms with van der Waals surface area (Å²) in [6.07, 6.45) is -0.400. The maximum Gasteiger partial charge on any atom is 0.188 e. The molecule has 0 saturated carbocycles. The van der Waals surface area contributed by atoms with E-state index in [-0.39, 0.29) is 0 Å². The zero-order valence-electron chi connectivity index (χ0n) is 8.08. The van der Waals surface area contributed by atoms with Crippen LogP contribution in [-0.4, -0.2) is 23.2 Å². The summed E-state index contributed by atoms with van der Waals surface area (Å²) in [4.78, 5) is 8.30. The number of aromatic nitrogens is 2.